The molecule has 0 spiro atoms. The highest BCUT2D eigenvalue weighted by atomic mass is 28.5. The second-order valence-electron chi connectivity index (χ2n) is 16.2. The van der Waals surface area contributed by atoms with Crippen LogP contribution in [0.5, 0.6) is 0 Å². The molecule has 0 fully saturated rings. The first kappa shape index (κ1) is 42.2. The highest BCUT2D eigenvalue weighted by Crippen LogP contribution is 2.27. The number of hydrogen-bond acceptors (Lipinski definition) is 10. The third-order valence-corrected chi connectivity index (χ3v) is 27.1. The highest BCUT2D eigenvalue weighted by molar-refractivity contribution is 6.91. The normalized spacial score (nSPS) is 14.8. The molecule has 0 aromatic carbocycles. The average molecular weight is 733 g/mol. The Morgan fingerprint density at radius 1 is 0.381 bits per heavy atom. The van der Waals surface area contributed by atoms with Gasteiger partial charge in [-0.1, -0.05) is 0 Å². The van der Waals surface area contributed by atoms with Gasteiger partial charge in [0.1, 0.15) is 0 Å². The molecular formula is C24H60O10Si8. The Hall–Kier alpha value is 0.175. The summed E-state index contributed by atoms with van der Waals surface area (Å²) in [4.78, 5) is 25.6. The van der Waals surface area contributed by atoms with Gasteiger partial charge in [-0.25, -0.2) is 9.59 Å². The van der Waals surface area contributed by atoms with Crippen LogP contribution < -0.4 is 0 Å². The van der Waals surface area contributed by atoms with E-state index in [1.807, 2.05) is 0 Å². The number of carbonyl (C=O) groups is 2. The number of carbonyl (C=O) groups excluding carboxylic acids is 2. The molecule has 0 aliphatic rings. The van der Waals surface area contributed by atoms with E-state index >= 15 is 0 Å². The maximum atomic E-state index is 12.8. The second-order valence-corrected chi connectivity index (χ2v) is 49.8. The summed E-state index contributed by atoms with van der Waals surface area (Å²) < 4.78 is 50.4. The zero-order chi connectivity index (χ0) is 33.6. The summed E-state index contributed by atoms with van der Waals surface area (Å²) in [5.41, 5.74) is 0. The molecule has 0 N–H and O–H groups in total. The molecule has 248 valence electrons. The molecule has 0 bridgehead atoms. The quantitative estimate of drug-likeness (QED) is 0.0859. The van der Waals surface area contributed by atoms with Gasteiger partial charge < -0.3 is 34.2 Å². The monoisotopic (exact) mass is 732 g/mol. The summed E-state index contributed by atoms with van der Waals surface area (Å²) in [7, 11) is -19.5. The Labute approximate surface area is 264 Å². The topological polar surface area (TPSA) is 108 Å². The van der Waals surface area contributed by atoms with Crippen LogP contribution in [0, 0.1) is 0 Å². The smallest absolute Gasteiger partial charge is 0.458 e. The van der Waals surface area contributed by atoms with Gasteiger partial charge in [0.2, 0.25) is 0 Å². The molecule has 0 rings (SSSR count). The van der Waals surface area contributed by atoms with E-state index in [0.29, 0.717) is 0 Å². The lowest BCUT2D eigenvalue weighted by molar-refractivity contribution is -0.139. The van der Waals surface area contributed by atoms with Crippen molar-refractivity contribution in [2.24, 2.45) is 0 Å². The number of esters is 2. The molecule has 0 amide bonds. The summed E-state index contributed by atoms with van der Waals surface area (Å²) >= 11 is 0. The zero-order valence-electron chi connectivity index (χ0n) is 29.7. The molecular weight excluding hydrogens is 673 g/mol. The molecule has 10 nitrogen and oxygen atoms in total. The third-order valence-electron chi connectivity index (χ3n) is 3.91. The van der Waals surface area contributed by atoms with E-state index in [2.05, 4.69) is 118 Å². The van der Waals surface area contributed by atoms with Gasteiger partial charge >= 0.3 is 29.5 Å². The zero-order valence-corrected chi connectivity index (χ0v) is 37.7. The highest BCUT2D eigenvalue weighted by Gasteiger charge is 2.53. The molecule has 42 heavy (non-hydrogen) atoms. The summed E-state index contributed by atoms with van der Waals surface area (Å²) in [6.45, 7) is 37.0. The molecule has 0 heterocycles. The van der Waals surface area contributed by atoms with Gasteiger partial charge in [-0.3, -0.25) is 0 Å². The minimum absolute atomic E-state index is 0.127. The van der Waals surface area contributed by atoms with Gasteiger partial charge in [-0.2, -0.15) is 0 Å². The van der Waals surface area contributed by atoms with Crippen LogP contribution in [0.15, 0.2) is 12.2 Å². The van der Waals surface area contributed by atoms with Gasteiger partial charge in [-0.05, 0) is 118 Å². The molecule has 0 atom stereocenters. The fraction of sp³-hybridized carbons (Fsp3) is 0.833. The standard InChI is InChI=1S/C24H60O10Si8/c1-35(2,3)29-41(30-36(4,5)6,31-37(7,8)9)21-27-23(25)19-20-24(26)28-22-42(32-38(10,11)12,33-39(13,14)15)34-40(16,17)18/h19-20H,21-22H2,1-18H3/b20-19+. The summed E-state index contributed by atoms with van der Waals surface area (Å²) in [5.74, 6) is -1.42. The molecule has 0 saturated heterocycles. The Morgan fingerprint density at radius 3 is 0.690 bits per heavy atom. The number of rotatable bonds is 18. The van der Waals surface area contributed by atoms with Crippen LogP contribution in [-0.2, 0) is 43.8 Å². The van der Waals surface area contributed by atoms with Crippen LogP contribution in [0.4, 0.5) is 0 Å². The summed E-state index contributed by atoms with van der Waals surface area (Å²) in [5, 5.41) is 0. The molecule has 0 aliphatic heterocycles. The van der Waals surface area contributed by atoms with Crippen molar-refractivity contribution in [2.75, 3.05) is 12.5 Å². The Morgan fingerprint density at radius 2 is 0.548 bits per heavy atom. The maximum Gasteiger partial charge on any atom is 0.509 e. The summed E-state index contributed by atoms with van der Waals surface area (Å²) in [6.07, 6.45) is 1.86. The third kappa shape index (κ3) is 21.8. The van der Waals surface area contributed by atoms with Crippen molar-refractivity contribution in [2.45, 2.75) is 118 Å². The molecule has 18 heteroatoms. The molecule has 0 aromatic heterocycles. The first-order valence-electron chi connectivity index (χ1n) is 14.5. The Bertz CT molecular complexity index is 765. The van der Waals surface area contributed by atoms with Crippen LogP contribution in [0.25, 0.3) is 0 Å². The van der Waals surface area contributed by atoms with Crippen molar-refractivity contribution in [1.82, 2.24) is 0 Å². The lowest BCUT2D eigenvalue weighted by atomic mass is 10.5. The van der Waals surface area contributed by atoms with Crippen molar-refractivity contribution in [1.29, 1.82) is 0 Å². The van der Waals surface area contributed by atoms with Crippen molar-refractivity contribution >= 4 is 79.5 Å². The molecule has 0 radical (unpaired) electrons. The minimum atomic E-state index is -3.37. The fourth-order valence-corrected chi connectivity index (χ4v) is 31.3. The largest absolute Gasteiger partial charge is 0.509 e. The van der Waals surface area contributed by atoms with Gasteiger partial charge in [0, 0.05) is 12.2 Å². The van der Waals surface area contributed by atoms with Crippen LogP contribution in [0.1, 0.15) is 0 Å². The molecule has 0 aromatic rings. The van der Waals surface area contributed by atoms with Gasteiger partial charge in [0.05, 0.1) is 0 Å². The number of hydrogen-bond donors (Lipinski definition) is 0. The van der Waals surface area contributed by atoms with Crippen LogP contribution in [0.2, 0.25) is 118 Å². The fourth-order valence-electron chi connectivity index (χ4n) is 3.65. The van der Waals surface area contributed by atoms with Gasteiger partial charge in [-0.15, -0.1) is 0 Å². The van der Waals surface area contributed by atoms with Crippen LogP contribution in [0.3, 0.4) is 0 Å². The van der Waals surface area contributed by atoms with E-state index < -0.39 is 79.5 Å². The SMILES string of the molecule is C[Si](C)(C)O[Si](COC(=O)/C=C/C(=O)OC[Si](O[Si](C)(C)C)(O[Si](C)(C)C)O[Si](C)(C)C)(O[Si](C)(C)C)O[Si](C)(C)C. The van der Waals surface area contributed by atoms with E-state index in [4.69, 9.17) is 34.2 Å². The first-order chi connectivity index (χ1) is 18.2. The lowest BCUT2D eigenvalue weighted by Gasteiger charge is -2.42. The lowest BCUT2D eigenvalue weighted by Crippen LogP contribution is -2.63. The second kappa shape index (κ2) is 15.2. The van der Waals surface area contributed by atoms with E-state index in [9.17, 15) is 9.59 Å². The maximum absolute atomic E-state index is 12.8. The molecule has 0 saturated carbocycles. The first-order valence-corrected chi connectivity index (χ1v) is 38.8. The number of ether oxygens (including phenoxy) is 2. The Kier molecular flexibility index (Phi) is 15.2. The molecule has 0 aliphatic carbocycles. The minimum Gasteiger partial charge on any atom is -0.458 e. The van der Waals surface area contributed by atoms with Crippen molar-refractivity contribution in [3.05, 3.63) is 12.2 Å². The van der Waals surface area contributed by atoms with E-state index in [1.54, 1.807) is 0 Å². The van der Waals surface area contributed by atoms with Crippen molar-refractivity contribution in [3.8, 4) is 0 Å². The van der Waals surface area contributed by atoms with E-state index in [1.165, 1.54) is 0 Å². The predicted octanol–water partition coefficient (Wildman–Crippen LogP) is 6.69. The average Bonchev–Trinajstić information content (AvgIpc) is 2.60. The van der Waals surface area contributed by atoms with Gasteiger partial charge in [0.25, 0.3) is 0 Å². The summed E-state index contributed by atoms with van der Waals surface area (Å²) in [6, 6.07) is 0. The Balaban J connectivity index is 5.85. The van der Waals surface area contributed by atoms with Crippen molar-refractivity contribution in [3.63, 3.8) is 0 Å². The van der Waals surface area contributed by atoms with E-state index in [-0.39, 0.29) is 12.5 Å². The van der Waals surface area contributed by atoms with Gasteiger partial charge in [0.15, 0.2) is 62.4 Å². The van der Waals surface area contributed by atoms with E-state index in [0.717, 1.165) is 12.2 Å². The van der Waals surface area contributed by atoms with Crippen LogP contribution >= 0.6 is 0 Å². The van der Waals surface area contributed by atoms with Crippen LogP contribution in [-0.4, -0.2) is 91.9 Å². The van der Waals surface area contributed by atoms with Crippen molar-refractivity contribution < 1.29 is 43.8 Å². The predicted molar refractivity (Wildman–Crippen MR) is 189 cm³/mol. The molecule has 0 unspecified atom stereocenters.